The van der Waals surface area contributed by atoms with Gasteiger partial charge in [0.15, 0.2) is 0 Å². The van der Waals surface area contributed by atoms with Crippen LogP contribution in [0, 0.1) is 0 Å². The molecule has 0 rings (SSSR count). The fourth-order valence-electron chi connectivity index (χ4n) is 1.04. The summed E-state index contributed by atoms with van der Waals surface area (Å²) in [5, 5.41) is 0. The monoisotopic (exact) mass is 1460 g/mol. The van der Waals surface area contributed by atoms with Gasteiger partial charge in [0.2, 0.25) is 0 Å². The summed E-state index contributed by atoms with van der Waals surface area (Å²) in [5.74, 6) is 0. The molecule has 0 bridgehead atoms. The van der Waals surface area contributed by atoms with Gasteiger partial charge in [0.25, 0.3) is 31.3 Å². The van der Waals surface area contributed by atoms with Crippen molar-refractivity contribution in [2.75, 3.05) is 0 Å². The van der Waals surface area contributed by atoms with Crippen LogP contribution < -0.4 is 97.9 Å². The minimum atomic E-state index is -5.97. The van der Waals surface area contributed by atoms with Gasteiger partial charge in [-0.25, -0.2) is 0 Å². The third kappa shape index (κ3) is 76.6. The van der Waals surface area contributed by atoms with Crippen molar-refractivity contribution in [2.45, 2.75) is 0 Å². The first-order valence-corrected chi connectivity index (χ1v) is 26.3. The molecule has 320 valence electrons. The van der Waals surface area contributed by atoms with E-state index in [0.717, 1.165) is 0 Å². The summed E-state index contributed by atoms with van der Waals surface area (Å²) in [4.78, 5) is 195. The summed E-state index contributed by atoms with van der Waals surface area (Å²) in [5.41, 5.74) is 0. The zero-order valence-electron chi connectivity index (χ0n) is 24.2. The van der Waals surface area contributed by atoms with Gasteiger partial charge in [-0.15, -0.1) is 0 Å². The summed E-state index contributed by atoms with van der Waals surface area (Å²) >= 11 is 0. The van der Waals surface area contributed by atoms with E-state index in [1.807, 2.05) is 0 Å². The summed E-state index contributed by atoms with van der Waals surface area (Å²) in [6.07, 6.45) is 0. The van der Waals surface area contributed by atoms with Crippen LogP contribution in [0.3, 0.4) is 0 Å². The quantitative estimate of drug-likeness (QED) is 0.130. The first-order chi connectivity index (χ1) is 21.7. The Kier molecular flexibility index (Phi) is 45.5. The fourth-order valence-corrected chi connectivity index (χ4v) is 10.4. The van der Waals surface area contributed by atoms with E-state index in [9.17, 15) is 153 Å². The molecule has 57 heavy (non-hydrogen) atoms. The summed E-state index contributed by atoms with van der Waals surface area (Å²) in [6.45, 7) is 0. The topological polar surface area (TPSA) is 740 Å². The first kappa shape index (κ1) is 83.1. The summed E-state index contributed by atoms with van der Waals surface area (Å²) in [7, 11) is -71.6. The van der Waals surface area contributed by atoms with Gasteiger partial charge in [-0.2, -0.15) is 0 Å². The molecule has 57 heteroatoms. The Morgan fingerprint density at radius 1 is 0.175 bits per heavy atom. The van der Waals surface area contributed by atoms with Crippen LogP contribution in [0.4, 0.5) is 0 Å². The van der Waals surface area contributed by atoms with Crippen LogP contribution in [0.25, 0.3) is 0 Å². The minimum absolute atomic E-state index is 0. The standard InChI is InChI=1S/4H5O10P3.5Zr/c4*1-11(2,3)9-13(7,8)10-12(4,5)6;;;;;/h4*(H,7,8)(H2,1,2,3)(H2,4,5,6);;;;;/q;;;;5*+4/p-20. The molecule has 0 aromatic heterocycles. The van der Waals surface area contributed by atoms with Crippen molar-refractivity contribution in [3.63, 3.8) is 0 Å². The van der Waals surface area contributed by atoms with Gasteiger partial charge >= 0.3 is 131 Å². The molecule has 0 unspecified atom stereocenters. The van der Waals surface area contributed by atoms with Gasteiger partial charge in [-0.05, 0) is 0 Å². The van der Waals surface area contributed by atoms with Crippen molar-refractivity contribution in [3.05, 3.63) is 0 Å². The molecule has 0 aliphatic rings. The predicted octanol–water partition coefficient (Wildman–Crippen LogP) is -15.4. The van der Waals surface area contributed by atoms with Crippen LogP contribution in [0.1, 0.15) is 0 Å². The number of hydrogen-bond donors (Lipinski definition) is 0. The molecule has 0 spiro atoms. The second kappa shape index (κ2) is 31.2. The molecule has 0 aliphatic carbocycles. The van der Waals surface area contributed by atoms with E-state index >= 15 is 0 Å². The average molecular weight is 1470 g/mol. The van der Waals surface area contributed by atoms with Gasteiger partial charge in [-0.1, -0.05) is 0 Å². The number of hydrogen-bond acceptors (Lipinski definition) is 40. The third-order valence-corrected chi connectivity index (χ3v) is 14.4. The Morgan fingerprint density at radius 2 is 0.228 bits per heavy atom. The van der Waals surface area contributed by atoms with Gasteiger partial charge in [0.1, 0.15) is 0 Å². The zero-order valence-corrected chi connectivity index (χ0v) is 47.2. The molecular weight excluding hydrogens is 1470 g/mol. The molecule has 0 aromatic rings. The van der Waals surface area contributed by atoms with Crippen molar-refractivity contribution in [3.8, 4) is 0 Å². The van der Waals surface area contributed by atoms with E-state index < -0.39 is 93.9 Å². The van der Waals surface area contributed by atoms with Crippen LogP contribution in [-0.2, 0) is 220 Å². The van der Waals surface area contributed by atoms with Crippen molar-refractivity contribution < 1.29 is 318 Å². The molecule has 0 saturated carbocycles. The van der Waals surface area contributed by atoms with E-state index in [-0.39, 0.29) is 131 Å². The van der Waals surface area contributed by atoms with Crippen LogP contribution in [0.15, 0.2) is 0 Å². The van der Waals surface area contributed by atoms with Crippen LogP contribution in [0.5, 0.6) is 0 Å². The molecular formula is O40P12Zr5. The summed E-state index contributed by atoms with van der Waals surface area (Å²) < 4.78 is 139. The van der Waals surface area contributed by atoms with Gasteiger partial charge in [0.05, 0.1) is 62.6 Å². The van der Waals surface area contributed by atoms with E-state index in [4.69, 9.17) is 0 Å². The predicted molar refractivity (Wildman–Crippen MR) is 100.0 cm³/mol. The Bertz CT molecular complexity index is 1370. The molecule has 0 saturated heterocycles. The molecule has 0 fully saturated rings. The Hall–Kier alpha value is 6.06. The third-order valence-electron chi connectivity index (χ3n) is 1.60. The van der Waals surface area contributed by atoms with Crippen LogP contribution in [-0.4, -0.2) is 0 Å². The van der Waals surface area contributed by atoms with Crippen molar-refractivity contribution in [2.24, 2.45) is 0 Å². The second-order valence-corrected chi connectivity index (χ2v) is 22.0. The van der Waals surface area contributed by atoms with Gasteiger partial charge in [-0.3, -0.25) is 52.7 Å². The normalized spacial score (nSPS) is 13.3. The molecule has 0 N–H and O–H groups in total. The van der Waals surface area contributed by atoms with Gasteiger partial charge in [0, 0.05) is 0 Å². The van der Waals surface area contributed by atoms with Crippen LogP contribution in [0.2, 0.25) is 0 Å². The van der Waals surface area contributed by atoms with Crippen LogP contribution >= 0.6 is 93.9 Å². The molecule has 0 aliphatic heterocycles. The number of rotatable bonds is 16. The Labute approximate surface area is 407 Å². The number of phosphoric acid groups is 12. The molecule has 0 amide bonds. The van der Waals surface area contributed by atoms with Crippen molar-refractivity contribution >= 4 is 93.9 Å². The maximum Gasteiger partial charge on any atom is 4.00 e. The molecule has 40 nitrogen and oxygen atoms in total. The van der Waals surface area contributed by atoms with Crippen molar-refractivity contribution in [1.82, 2.24) is 0 Å². The average Bonchev–Trinajstić information content (AvgIpc) is 2.51. The Morgan fingerprint density at radius 3 is 0.263 bits per heavy atom. The largest absolute Gasteiger partial charge is 4.00 e. The van der Waals surface area contributed by atoms with E-state index in [1.165, 1.54) is 0 Å². The molecule has 0 atom stereocenters. The second-order valence-electron chi connectivity index (χ2n) is 6.02. The van der Waals surface area contributed by atoms with E-state index in [2.05, 4.69) is 34.5 Å². The fraction of sp³-hybridized carbons (Fsp3) is 0. The zero-order chi connectivity index (χ0) is 43.7. The molecule has 0 aromatic carbocycles. The molecule has 0 heterocycles. The summed E-state index contributed by atoms with van der Waals surface area (Å²) in [6, 6.07) is 0. The SMILES string of the molecule is O=P([O-])([O-])OP(=O)([O-])OP(=O)([O-])[O-].O=P([O-])([O-])OP(=O)([O-])OP(=O)([O-])[O-].O=P([O-])([O-])OP(=O)([O-])OP(=O)([O-])[O-].O=P([O-])([O-])OP(=O)([O-])OP(=O)([O-])[O-].[Zr+4].[Zr+4].[Zr+4].[Zr+4].[Zr+4]. The smallest absolute Gasteiger partial charge is 0.790 e. The maximum absolute atomic E-state index is 10.1. The van der Waals surface area contributed by atoms with Crippen molar-refractivity contribution in [1.29, 1.82) is 0 Å². The van der Waals surface area contributed by atoms with E-state index in [1.54, 1.807) is 0 Å². The van der Waals surface area contributed by atoms with E-state index in [0.29, 0.717) is 0 Å². The molecule has 0 radical (unpaired) electrons. The Balaban J connectivity index is -0.0000000748. The van der Waals surface area contributed by atoms with Gasteiger partial charge < -0.3 is 134 Å². The maximum atomic E-state index is 10.1. The first-order valence-electron chi connectivity index (χ1n) is 8.76. The minimum Gasteiger partial charge on any atom is -0.790 e.